The lowest BCUT2D eigenvalue weighted by molar-refractivity contribution is -0.255. The average Bonchev–Trinajstić information content (AvgIpc) is 3.35. The number of alkyl halides is 3. The molecule has 4 aromatic rings. The number of benzene rings is 1. The van der Waals surface area contributed by atoms with E-state index in [4.69, 9.17) is 0 Å². The van der Waals surface area contributed by atoms with Crippen LogP contribution in [-0.4, -0.2) is 26.0 Å². The highest BCUT2D eigenvalue weighted by molar-refractivity contribution is 7.15. The third-order valence-electron chi connectivity index (χ3n) is 6.27. The second kappa shape index (κ2) is 9.44. The molecule has 0 aliphatic heterocycles. The SMILES string of the molecule is Cc1cc(Nc2cc(C(F)(F)F)ccn2)nc(-c2cnc([C@@]3(O)CCCc4cc(C(=O)[O-])c(F)cc43)s2)c1. The van der Waals surface area contributed by atoms with Crippen LogP contribution in [0.2, 0.25) is 0 Å². The molecule has 1 aliphatic carbocycles. The van der Waals surface area contributed by atoms with Gasteiger partial charge in [-0.25, -0.2) is 19.3 Å². The van der Waals surface area contributed by atoms with Gasteiger partial charge in [0.1, 0.15) is 28.1 Å². The van der Waals surface area contributed by atoms with E-state index in [1.165, 1.54) is 12.3 Å². The van der Waals surface area contributed by atoms with Crippen molar-refractivity contribution >= 4 is 28.9 Å². The van der Waals surface area contributed by atoms with E-state index in [2.05, 4.69) is 20.3 Å². The molecule has 0 amide bonds. The molecule has 0 spiro atoms. The highest BCUT2D eigenvalue weighted by atomic mass is 32.1. The van der Waals surface area contributed by atoms with Gasteiger partial charge in [0.2, 0.25) is 0 Å². The van der Waals surface area contributed by atoms with E-state index in [0.29, 0.717) is 29.0 Å². The molecule has 3 aromatic heterocycles. The molecule has 196 valence electrons. The number of nitrogens with zero attached hydrogens (tertiary/aromatic N) is 3. The number of carboxylic acids is 1. The quantitative estimate of drug-likeness (QED) is 0.350. The van der Waals surface area contributed by atoms with Crippen LogP contribution in [0.3, 0.4) is 0 Å². The van der Waals surface area contributed by atoms with Crippen molar-refractivity contribution in [2.24, 2.45) is 0 Å². The van der Waals surface area contributed by atoms with Crippen LogP contribution in [0.1, 0.15) is 50.5 Å². The van der Waals surface area contributed by atoms with Crippen LogP contribution in [0.5, 0.6) is 0 Å². The molecule has 3 heterocycles. The second-order valence-corrected chi connectivity index (χ2v) is 10.0. The smallest absolute Gasteiger partial charge is 0.416 e. The third kappa shape index (κ3) is 4.84. The average molecular weight is 544 g/mol. The lowest BCUT2D eigenvalue weighted by Crippen LogP contribution is -2.33. The van der Waals surface area contributed by atoms with E-state index in [-0.39, 0.29) is 28.6 Å². The molecule has 5 rings (SSSR count). The maximum absolute atomic E-state index is 14.5. The Hall–Kier alpha value is -3.90. The van der Waals surface area contributed by atoms with Crippen molar-refractivity contribution in [3.05, 3.63) is 87.4 Å². The molecule has 1 atom stereocenters. The summed E-state index contributed by atoms with van der Waals surface area (Å²) >= 11 is 1.13. The molecular formula is C26H19F4N4O3S-. The summed E-state index contributed by atoms with van der Waals surface area (Å²) in [7, 11) is 0. The summed E-state index contributed by atoms with van der Waals surface area (Å²) in [6, 6.07) is 7.38. The number of thiazole rings is 1. The first-order valence-corrected chi connectivity index (χ1v) is 12.3. The number of halogens is 4. The standard InChI is InChI=1S/C26H20F4N4O3S/c1-13-7-19(33-22(8-13)34-21-10-15(4-6-31-21)26(28,29)30)20-12-32-24(38-20)25(37)5-2-3-14-9-16(23(35)36)18(27)11-17(14)25/h4,6-12,37H,2-3,5H2,1H3,(H,35,36)(H,31,33,34)/p-1/t25-/m1/s1. The third-order valence-corrected chi connectivity index (χ3v) is 7.44. The molecule has 0 radical (unpaired) electrons. The first-order valence-electron chi connectivity index (χ1n) is 11.5. The van der Waals surface area contributed by atoms with Gasteiger partial charge in [-0.05, 0) is 79.3 Å². The molecule has 0 fully saturated rings. The molecule has 12 heteroatoms. The Labute approximate surface area is 217 Å². The van der Waals surface area contributed by atoms with Gasteiger partial charge in [0.25, 0.3) is 0 Å². The van der Waals surface area contributed by atoms with Gasteiger partial charge in [-0.15, -0.1) is 11.3 Å². The lowest BCUT2D eigenvalue weighted by atomic mass is 9.78. The molecule has 0 saturated heterocycles. The van der Waals surface area contributed by atoms with Gasteiger partial charge in [-0.1, -0.05) is 0 Å². The van der Waals surface area contributed by atoms with Crippen molar-refractivity contribution in [3.8, 4) is 10.6 Å². The summed E-state index contributed by atoms with van der Waals surface area (Å²) in [4.78, 5) is 24.6. The number of carboxylic acid groups (broad SMARTS) is 1. The molecule has 0 bridgehead atoms. The number of pyridine rings is 2. The predicted octanol–water partition coefficient (Wildman–Crippen LogP) is 4.75. The van der Waals surface area contributed by atoms with Crippen LogP contribution in [0, 0.1) is 12.7 Å². The van der Waals surface area contributed by atoms with Crippen LogP contribution in [-0.2, 0) is 18.2 Å². The maximum atomic E-state index is 14.5. The normalized spacial score (nSPS) is 17.2. The second-order valence-electron chi connectivity index (χ2n) is 8.99. The number of aromatic nitrogens is 3. The number of aromatic carboxylic acids is 1. The Morgan fingerprint density at radius 1 is 1.16 bits per heavy atom. The van der Waals surface area contributed by atoms with Gasteiger partial charge in [-0.3, -0.25) is 0 Å². The topological polar surface area (TPSA) is 111 Å². The zero-order valence-electron chi connectivity index (χ0n) is 19.8. The van der Waals surface area contributed by atoms with E-state index >= 15 is 0 Å². The first kappa shape index (κ1) is 25.7. The number of anilines is 2. The Bertz CT molecular complexity index is 1560. The first-order chi connectivity index (χ1) is 17.9. The van der Waals surface area contributed by atoms with Crippen molar-refractivity contribution in [1.29, 1.82) is 0 Å². The fraction of sp³-hybridized carbons (Fsp3) is 0.231. The van der Waals surface area contributed by atoms with Crippen LogP contribution in [0.25, 0.3) is 10.6 Å². The molecule has 7 nitrogen and oxygen atoms in total. The molecule has 38 heavy (non-hydrogen) atoms. The van der Waals surface area contributed by atoms with Crippen LogP contribution < -0.4 is 10.4 Å². The summed E-state index contributed by atoms with van der Waals surface area (Å²) in [5, 5.41) is 25.9. The Morgan fingerprint density at radius 3 is 2.68 bits per heavy atom. The van der Waals surface area contributed by atoms with Crippen LogP contribution in [0.4, 0.5) is 29.2 Å². The van der Waals surface area contributed by atoms with E-state index in [1.807, 2.05) is 0 Å². The Kier molecular flexibility index (Phi) is 6.40. The molecule has 1 aromatic carbocycles. The predicted molar refractivity (Wildman–Crippen MR) is 129 cm³/mol. The van der Waals surface area contributed by atoms with Crippen molar-refractivity contribution in [2.45, 2.75) is 38.0 Å². The number of aliphatic hydroxyl groups is 1. The number of aryl methyl sites for hydroxylation is 2. The van der Waals surface area contributed by atoms with Crippen LogP contribution in [0.15, 0.2) is 48.8 Å². The summed E-state index contributed by atoms with van der Waals surface area (Å²) < 4.78 is 53.7. The molecule has 0 saturated carbocycles. The number of nitrogens with one attached hydrogen (secondary N) is 1. The minimum absolute atomic E-state index is 0.0278. The molecule has 0 unspecified atom stereocenters. The van der Waals surface area contributed by atoms with Crippen LogP contribution >= 0.6 is 11.3 Å². The lowest BCUT2D eigenvalue weighted by Gasteiger charge is -2.33. The van der Waals surface area contributed by atoms with E-state index in [1.54, 1.807) is 19.1 Å². The zero-order valence-corrected chi connectivity index (χ0v) is 20.6. The summed E-state index contributed by atoms with van der Waals surface area (Å²) in [5.74, 6) is -2.40. The highest BCUT2D eigenvalue weighted by Crippen LogP contribution is 2.44. The monoisotopic (exact) mass is 543 g/mol. The minimum atomic E-state index is -4.52. The van der Waals surface area contributed by atoms with Gasteiger partial charge in [-0.2, -0.15) is 13.2 Å². The fourth-order valence-electron chi connectivity index (χ4n) is 4.51. The van der Waals surface area contributed by atoms with E-state index in [9.17, 15) is 32.6 Å². The minimum Gasteiger partial charge on any atom is -0.545 e. The number of hydrogen-bond acceptors (Lipinski definition) is 8. The maximum Gasteiger partial charge on any atom is 0.416 e. The fourth-order valence-corrected chi connectivity index (χ4v) is 5.51. The number of carbonyl (C=O) groups is 1. The largest absolute Gasteiger partial charge is 0.545 e. The molecule has 1 aliphatic rings. The van der Waals surface area contributed by atoms with Gasteiger partial charge < -0.3 is 20.3 Å². The van der Waals surface area contributed by atoms with Gasteiger partial charge in [0.15, 0.2) is 0 Å². The Balaban J connectivity index is 1.47. The Morgan fingerprint density at radius 2 is 1.95 bits per heavy atom. The van der Waals surface area contributed by atoms with Gasteiger partial charge in [0, 0.05) is 18.0 Å². The summed E-state index contributed by atoms with van der Waals surface area (Å²) in [5.41, 5.74) is -1.06. The van der Waals surface area contributed by atoms with E-state index in [0.717, 1.165) is 41.3 Å². The van der Waals surface area contributed by atoms with Gasteiger partial charge in [0.05, 0.1) is 22.1 Å². The summed E-state index contributed by atoms with van der Waals surface area (Å²) in [6.45, 7) is 1.79. The number of hydrogen-bond donors (Lipinski definition) is 2. The van der Waals surface area contributed by atoms with Crippen molar-refractivity contribution in [2.75, 3.05) is 5.32 Å². The summed E-state index contributed by atoms with van der Waals surface area (Å²) in [6.07, 6.45) is -0.709. The van der Waals surface area contributed by atoms with Crippen molar-refractivity contribution < 1.29 is 32.6 Å². The van der Waals surface area contributed by atoms with Crippen molar-refractivity contribution in [3.63, 3.8) is 0 Å². The molecular weight excluding hydrogens is 524 g/mol. The van der Waals surface area contributed by atoms with E-state index < -0.39 is 34.7 Å². The molecule has 2 N–H and O–H groups in total. The number of carbonyl (C=O) groups excluding carboxylic acids is 1. The number of fused-ring (bicyclic) bond motifs is 1. The number of rotatable bonds is 5. The zero-order chi connectivity index (χ0) is 27.2. The van der Waals surface area contributed by atoms with Crippen molar-refractivity contribution in [1.82, 2.24) is 15.0 Å². The van der Waals surface area contributed by atoms with Gasteiger partial charge >= 0.3 is 6.18 Å². The highest BCUT2D eigenvalue weighted by Gasteiger charge is 2.40.